The fourth-order valence-corrected chi connectivity index (χ4v) is 3.17. The number of aromatic nitrogens is 5. The monoisotopic (exact) mass is 397 g/mol. The van der Waals surface area contributed by atoms with Gasteiger partial charge in [0.1, 0.15) is 0 Å². The van der Waals surface area contributed by atoms with Crippen molar-refractivity contribution in [3.05, 3.63) is 54.7 Å². The maximum atomic E-state index is 5.44. The molecule has 1 aliphatic heterocycles. The van der Waals surface area contributed by atoms with Gasteiger partial charge in [-0.25, -0.2) is 9.50 Å². The van der Waals surface area contributed by atoms with Gasteiger partial charge in [-0.1, -0.05) is 23.4 Å². The van der Waals surface area contributed by atoms with E-state index >= 15 is 0 Å². The highest BCUT2D eigenvalue weighted by molar-refractivity contribution is 5.69. The third-order valence-corrected chi connectivity index (χ3v) is 4.58. The molecule has 1 fully saturated rings. The van der Waals surface area contributed by atoms with Crippen molar-refractivity contribution in [3.8, 4) is 22.6 Å². The number of benzene rings is 1. The van der Waals surface area contributed by atoms with Crippen molar-refractivity contribution < 1.29 is 21.7 Å². The molecule has 1 saturated heterocycles. The van der Waals surface area contributed by atoms with Gasteiger partial charge in [-0.15, -0.1) is 0 Å². The molecule has 3 aromatic heterocycles. The molecule has 4 heterocycles. The summed E-state index contributed by atoms with van der Waals surface area (Å²) >= 11 is 0. The molecule has 1 aliphatic rings. The van der Waals surface area contributed by atoms with Gasteiger partial charge >= 0.3 is 0 Å². The molecule has 28 heavy (non-hydrogen) atoms. The van der Waals surface area contributed by atoms with Gasteiger partial charge in [-0.05, 0) is 18.2 Å². The summed E-state index contributed by atoms with van der Waals surface area (Å²) in [7, 11) is 0. The van der Waals surface area contributed by atoms with Crippen LogP contribution in [0, 0.1) is 0 Å². The van der Waals surface area contributed by atoms with Gasteiger partial charge in [-0.2, -0.15) is 10.1 Å². The molecule has 0 radical (unpaired) electrons. The smallest absolute Gasteiger partial charge is 0.241 e. The van der Waals surface area contributed by atoms with Gasteiger partial charge in [0.25, 0.3) is 0 Å². The normalized spacial score (nSPS) is 14.9. The Morgan fingerprint density at radius 1 is 1.00 bits per heavy atom. The molecule has 0 N–H and O–H groups in total. The zero-order valence-electron chi connectivity index (χ0n) is 15.0. The van der Waals surface area contributed by atoms with E-state index in [9.17, 15) is 0 Å². The largest absolute Gasteiger partial charge is 1.00 e. The molecule has 0 bridgehead atoms. The van der Waals surface area contributed by atoms with E-state index in [4.69, 9.17) is 9.26 Å². The highest BCUT2D eigenvalue weighted by Crippen LogP contribution is 2.24. The first-order valence-electron chi connectivity index (χ1n) is 8.89. The summed E-state index contributed by atoms with van der Waals surface area (Å²) in [6.45, 7) is 3.91. The lowest BCUT2D eigenvalue weighted by molar-refractivity contribution is -0.00000926. The van der Waals surface area contributed by atoms with Gasteiger partial charge in [0.2, 0.25) is 11.7 Å². The number of halogens is 1. The fraction of sp³-hybridized carbons (Fsp3) is 0.263. The summed E-state index contributed by atoms with van der Waals surface area (Å²) in [6, 6.07) is 11.8. The Balaban J connectivity index is 0.00000192. The molecule has 144 valence electrons. The van der Waals surface area contributed by atoms with E-state index in [2.05, 4.69) is 25.1 Å². The summed E-state index contributed by atoms with van der Waals surface area (Å²) < 4.78 is 12.6. The molecule has 0 unspecified atom stereocenters. The maximum Gasteiger partial charge on any atom is 0.241 e. The second-order valence-electron chi connectivity index (χ2n) is 6.43. The number of fused-ring (bicyclic) bond motifs is 1. The van der Waals surface area contributed by atoms with Crippen LogP contribution in [-0.4, -0.2) is 55.9 Å². The first-order valence-corrected chi connectivity index (χ1v) is 8.89. The molecule has 0 amide bonds. The zero-order chi connectivity index (χ0) is 18.1. The molecule has 5 rings (SSSR count). The molecule has 4 aromatic rings. The minimum atomic E-state index is 0. The van der Waals surface area contributed by atoms with Crippen LogP contribution in [-0.2, 0) is 11.3 Å². The maximum absolute atomic E-state index is 5.44. The summed E-state index contributed by atoms with van der Waals surface area (Å²) in [4.78, 5) is 11.4. The second-order valence-corrected chi connectivity index (χ2v) is 6.43. The standard InChI is InChI=1S/C19H18N6O2.ClH/c1-3-14(16-12-25-17(21-16)5-2-6-20-25)11-15(4-1)19-22-18(27-23-19)13-24-7-9-26-10-8-24;/h1-6,11-12H,7-10,13H2;1H/p-1. The topological polar surface area (TPSA) is 81.6 Å². The molecule has 0 atom stereocenters. The number of rotatable bonds is 4. The van der Waals surface area contributed by atoms with Crippen molar-refractivity contribution in [2.24, 2.45) is 0 Å². The van der Waals surface area contributed by atoms with Crippen LogP contribution in [0.25, 0.3) is 28.3 Å². The van der Waals surface area contributed by atoms with Crippen LogP contribution in [0.2, 0.25) is 0 Å². The molecular formula is C19H18ClN6O2-. The van der Waals surface area contributed by atoms with E-state index in [1.54, 1.807) is 10.7 Å². The van der Waals surface area contributed by atoms with Crippen LogP contribution in [0.3, 0.4) is 0 Å². The lowest BCUT2D eigenvalue weighted by Crippen LogP contribution is -3.00. The van der Waals surface area contributed by atoms with Crippen molar-refractivity contribution in [1.29, 1.82) is 0 Å². The van der Waals surface area contributed by atoms with E-state index in [1.807, 2.05) is 42.6 Å². The van der Waals surface area contributed by atoms with Crippen LogP contribution in [0.5, 0.6) is 0 Å². The van der Waals surface area contributed by atoms with E-state index in [-0.39, 0.29) is 12.4 Å². The van der Waals surface area contributed by atoms with Crippen LogP contribution in [0.4, 0.5) is 0 Å². The van der Waals surface area contributed by atoms with Crippen LogP contribution in [0.15, 0.2) is 53.3 Å². The summed E-state index contributed by atoms with van der Waals surface area (Å²) in [5.74, 6) is 1.20. The third kappa shape index (κ3) is 3.75. The number of hydrogen-bond donors (Lipinski definition) is 0. The average Bonchev–Trinajstić information content (AvgIpc) is 3.36. The Morgan fingerprint density at radius 3 is 2.71 bits per heavy atom. The Kier molecular flexibility index (Phi) is 5.34. The van der Waals surface area contributed by atoms with Crippen LogP contribution >= 0.6 is 0 Å². The predicted molar refractivity (Wildman–Crippen MR) is 97.8 cm³/mol. The average molecular weight is 398 g/mol. The zero-order valence-corrected chi connectivity index (χ0v) is 15.8. The predicted octanol–water partition coefficient (Wildman–Crippen LogP) is -0.717. The Hall–Kier alpha value is -2.81. The van der Waals surface area contributed by atoms with Crippen molar-refractivity contribution >= 4 is 5.65 Å². The number of morpholine rings is 1. The minimum absolute atomic E-state index is 0. The highest BCUT2D eigenvalue weighted by Gasteiger charge is 2.16. The number of nitrogens with zero attached hydrogens (tertiary/aromatic N) is 6. The number of hydrogen-bond acceptors (Lipinski definition) is 7. The first-order chi connectivity index (χ1) is 13.3. The lowest BCUT2D eigenvalue weighted by Gasteiger charge is -2.24. The summed E-state index contributed by atoms with van der Waals surface area (Å²) in [6.07, 6.45) is 3.65. The lowest BCUT2D eigenvalue weighted by atomic mass is 10.1. The third-order valence-electron chi connectivity index (χ3n) is 4.58. The van der Waals surface area contributed by atoms with Gasteiger partial charge in [0.05, 0.1) is 31.6 Å². The minimum Gasteiger partial charge on any atom is -1.00 e. The Morgan fingerprint density at radius 2 is 1.86 bits per heavy atom. The van der Waals surface area contributed by atoms with Gasteiger partial charge < -0.3 is 21.7 Å². The van der Waals surface area contributed by atoms with E-state index < -0.39 is 0 Å². The van der Waals surface area contributed by atoms with Crippen molar-refractivity contribution in [1.82, 2.24) is 29.6 Å². The molecule has 1 aromatic carbocycles. The Labute approximate surface area is 167 Å². The van der Waals surface area contributed by atoms with E-state index in [0.717, 1.165) is 48.8 Å². The van der Waals surface area contributed by atoms with Crippen molar-refractivity contribution in [2.45, 2.75) is 6.54 Å². The molecule has 0 saturated carbocycles. The molecule has 0 aliphatic carbocycles. The Bertz CT molecular complexity index is 1040. The van der Waals surface area contributed by atoms with Crippen LogP contribution < -0.4 is 12.4 Å². The molecule has 0 spiro atoms. The van der Waals surface area contributed by atoms with Gasteiger partial charge in [0.15, 0.2) is 5.65 Å². The second kappa shape index (κ2) is 8.05. The summed E-state index contributed by atoms with van der Waals surface area (Å²) in [5, 5.41) is 8.42. The molecular weight excluding hydrogens is 380 g/mol. The quantitative estimate of drug-likeness (QED) is 0.449. The van der Waals surface area contributed by atoms with Gasteiger partial charge in [0, 0.05) is 30.4 Å². The fourth-order valence-electron chi connectivity index (χ4n) is 3.17. The van der Waals surface area contributed by atoms with Crippen molar-refractivity contribution in [2.75, 3.05) is 26.3 Å². The first kappa shape index (κ1) is 18.5. The number of imidazole rings is 1. The van der Waals surface area contributed by atoms with Crippen LogP contribution in [0.1, 0.15) is 5.89 Å². The molecule has 9 heteroatoms. The van der Waals surface area contributed by atoms with E-state index in [0.29, 0.717) is 18.3 Å². The number of ether oxygens (including phenoxy) is 1. The van der Waals surface area contributed by atoms with E-state index in [1.165, 1.54) is 0 Å². The summed E-state index contributed by atoms with van der Waals surface area (Å²) in [5.41, 5.74) is 3.55. The van der Waals surface area contributed by atoms with Crippen molar-refractivity contribution in [3.63, 3.8) is 0 Å². The molecule has 8 nitrogen and oxygen atoms in total. The SMILES string of the molecule is [Cl-].c1cc(-c2cn3ncccc3n2)cc(-c2noc(CN3CCOCC3)n2)c1. The van der Waals surface area contributed by atoms with Gasteiger partial charge in [-0.3, -0.25) is 4.90 Å². The highest BCUT2D eigenvalue weighted by atomic mass is 35.5.